The summed E-state index contributed by atoms with van der Waals surface area (Å²) < 4.78 is 1.81. The zero-order valence-corrected chi connectivity index (χ0v) is 12.6. The van der Waals surface area contributed by atoms with Gasteiger partial charge in [0.1, 0.15) is 5.69 Å². The second-order valence-corrected chi connectivity index (χ2v) is 5.66. The predicted octanol–water partition coefficient (Wildman–Crippen LogP) is 2.46. The molecule has 23 heavy (non-hydrogen) atoms. The van der Waals surface area contributed by atoms with E-state index in [1.165, 1.54) is 0 Å². The minimum absolute atomic E-state index is 0.113. The molecule has 0 saturated heterocycles. The van der Waals surface area contributed by atoms with Gasteiger partial charge < -0.3 is 10.6 Å². The first-order chi connectivity index (χ1) is 11.2. The number of hydrogen-bond donors (Lipinski definition) is 2. The fourth-order valence-corrected chi connectivity index (χ4v) is 2.76. The number of benzene rings is 1. The van der Waals surface area contributed by atoms with Crippen LogP contribution in [0.2, 0.25) is 0 Å². The lowest BCUT2D eigenvalue weighted by molar-refractivity contribution is 0.251. The Hall–Kier alpha value is -2.88. The third-order valence-electron chi connectivity index (χ3n) is 3.98. The van der Waals surface area contributed by atoms with E-state index in [4.69, 9.17) is 5.26 Å². The summed E-state index contributed by atoms with van der Waals surface area (Å²) in [5.74, 6) is 0.113. The standard InChI is InChI=1S/C16H18N6O/c17-9-12-6-7-15(8-12)22-11-14(20-21-22)10-18-16(23)19-13-4-2-1-3-5-13/h1-5,11-12,15H,6-8,10H2,(H2,18,19,23). The summed E-state index contributed by atoms with van der Waals surface area (Å²) in [5.41, 5.74) is 1.44. The highest BCUT2D eigenvalue weighted by atomic mass is 16.2. The van der Waals surface area contributed by atoms with Gasteiger partial charge in [0.05, 0.1) is 24.9 Å². The Morgan fingerprint density at radius 1 is 1.35 bits per heavy atom. The number of rotatable bonds is 4. The lowest BCUT2D eigenvalue weighted by Crippen LogP contribution is -2.28. The van der Waals surface area contributed by atoms with Crippen molar-refractivity contribution in [3.63, 3.8) is 0 Å². The predicted molar refractivity (Wildman–Crippen MR) is 84.3 cm³/mol. The fraction of sp³-hybridized carbons (Fsp3) is 0.375. The number of amides is 2. The van der Waals surface area contributed by atoms with Gasteiger partial charge in [-0.2, -0.15) is 5.26 Å². The van der Waals surface area contributed by atoms with Crippen LogP contribution in [0.15, 0.2) is 36.5 Å². The van der Waals surface area contributed by atoms with Crippen molar-refractivity contribution in [3.8, 4) is 6.07 Å². The summed E-state index contributed by atoms with van der Waals surface area (Å²) in [6.45, 7) is 0.313. The molecule has 2 atom stereocenters. The summed E-state index contributed by atoms with van der Waals surface area (Å²) in [6.07, 6.45) is 4.52. The SMILES string of the molecule is N#CC1CCC(n2cc(CNC(=O)Nc3ccccc3)nn2)C1. The van der Waals surface area contributed by atoms with Crippen molar-refractivity contribution < 1.29 is 4.79 Å². The van der Waals surface area contributed by atoms with Crippen LogP contribution in [-0.2, 0) is 6.54 Å². The molecular formula is C16H18N6O. The molecule has 0 bridgehead atoms. The number of urea groups is 1. The zero-order valence-electron chi connectivity index (χ0n) is 12.6. The number of nitrogens with zero attached hydrogens (tertiary/aromatic N) is 4. The molecule has 0 radical (unpaired) electrons. The summed E-state index contributed by atoms with van der Waals surface area (Å²) in [6, 6.07) is 11.5. The highest BCUT2D eigenvalue weighted by Crippen LogP contribution is 2.33. The maximum Gasteiger partial charge on any atom is 0.319 e. The zero-order chi connectivity index (χ0) is 16.1. The molecule has 1 aromatic carbocycles. The second kappa shape index (κ2) is 6.92. The van der Waals surface area contributed by atoms with Crippen LogP contribution >= 0.6 is 0 Å². The first-order valence-electron chi connectivity index (χ1n) is 7.65. The maximum atomic E-state index is 11.8. The number of anilines is 1. The van der Waals surface area contributed by atoms with E-state index in [1.807, 2.05) is 41.2 Å². The van der Waals surface area contributed by atoms with Crippen molar-refractivity contribution >= 4 is 11.7 Å². The molecule has 1 fully saturated rings. The summed E-state index contributed by atoms with van der Waals surface area (Å²) in [4.78, 5) is 11.8. The third kappa shape index (κ3) is 3.86. The van der Waals surface area contributed by atoms with Crippen LogP contribution in [0.4, 0.5) is 10.5 Å². The number of nitriles is 1. The molecule has 1 heterocycles. The molecule has 2 amide bonds. The highest BCUT2D eigenvalue weighted by molar-refractivity contribution is 5.89. The number of nitrogens with one attached hydrogen (secondary N) is 2. The number of para-hydroxylation sites is 1. The Balaban J connectivity index is 1.50. The van der Waals surface area contributed by atoms with Crippen LogP contribution in [0.3, 0.4) is 0 Å². The van der Waals surface area contributed by atoms with Gasteiger partial charge in [0.25, 0.3) is 0 Å². The van der Waals surface area contributed by atoms with Crippen molar-refractivity contribution in [2.24, 2.45) is 5.92 Å². The fourth-order valence-electron chi connectivity index (χ4n) is 2.76. The molecule has 0 spiro atoms. The molecule has 1 saturated carbocycles. The van der Waals surface area contributed by atoms with Crippen LogP contribution in [0, 0.1) is 17.2 Å². The Morgan fingerprint density at radius 3 is 2.91 bits per heavy atom. The van der Waals surface area contributed by atoms with Gasteiger partial charge in [-0.1, -0.05) is 23.4 Å². The molecule has 1 aliphatic rings. The van der Waals surface area contributed by atoms with E-state index in [0.29, 0.717) is 12.2 Å². The number of carbonyl (C=O) groups is 1. The second-order valence-electron chi connectivity index (χ2n) is 5.66. The first-order valence-corrected chi connectivity index (χ1v) is 7.65. The molecule has 2 aromatic rings. The largest absolute Gasteiger partial charge is 0.332 e. The van der Waals surface area contributed by atoms with Gasteiger partial charge in [-0.15, -0.1) is 5.10 Å². The van der Waals surface area contributed by atoms with Crippen molar-refractivity contribution in [1.29, 1.82) is 5.26 Å². The van der Waals surface area contributed by atoms with E-state index in [0.717, 1.165) is 24.9 Å². The molecule has 3 rings (SSSR count). The Bertz CT molecular complexity index is 705. The number of hydrogen-bond acceptors (Lipinski definition) is 4. The van der Waals surface area contributed by atoms with Gasteiger partial charge in [-0.3, -0.25) is 0 Å². The molecular weight excluding hydrogens is 292 g/mol. The van der Waals surface area contributed by atoms with Crippen LogP contribution in [0.25, 0.3) is 0 Å². The Kier molecular flexibility index (Phi) is 4.52. The number of carbonyl (C=O) groups excluding carboxylic acids is 1. The average molecular weight is 310 g/mol. The van der Waals surface area contributed by atoms with Gasteiger partial charge in [0, 0.05) is 11.6 Å². The summed E-state index contributed by atoms with van der Waals surface area (Å²) in [7, 11) is 0. The van der Waals surface area contributed by atoms with Gasteiger partial charge in [-0.25, -0.2) is 9.48 Å². The highest BCUT2D eigenvalue weighted by Gasteiger charge is 2.26. The van der Waals surface area contributed by atoms with Crippen LogP contribution in [0.5, 0.6) is 0 Å². The Labute approximate surface area is 134 Å². The van der Waals surface area contributed by atoms with Crippen LogP contribution in [0.1, 0.15) is 31.0 Å². The van der Waals surface area contributed by atoms with E-state index in [9.17, 15) is 4.79 Å². The minimum Gasteiger partial charge on any atom is -0.332 e. The van der Waals surface area contributed by atoms with Gasteiger partial charge >= 0.3 is 6.03 Å². The number of aromatic nitrogens is 3. The van der Waals surface area contributed by atoms with Crippen molar-refractivity contribution in [2.75, 3.05) is 5.32 Å². The molecule has 7 nitrogen and oxygen atoms in total. The average Bonchev–Trinajstić information content (AvgIpc) is 3.23. The monoisotopic (exact) mass is 310 g/mol. The normalized spacial score (nSPS) is 20.0. The van der Waals surface area contributed by atoms with Crippen molar-refractivity contribution in [3.05, 3.63) is 42.2 Å². The molecule has 0 aliphatic heterocycles. The molecule has 2 unspecified atom stereocenters. The third-order valence-corrected chi connectivity index (χ3v) is 3.98. The molecule has 2 N–H and O–H groups in total. The van der Waals surface area contributed by atoms with E-state index in [-0.39, 0.29) is 18.0 Å². The van der Waals surface area contributed by atoms with Gasteiger partial charge in [0.2, 0.25) is 0 Å². The lowest BCUT2D eigenvalue weighted by Gasteiger charge is -2.08. The first kappa shape index (κ1) is 15.0. The van der Waals surface area contributed by atoms with Crippen LogP contribution in [-0.4, -0.2) is 21.0 Å². The quantitative estimate of drug-likeness (QED) is 0.906. The van der Waals surface area contributed by atoms with E-state index in [1.54, 1.807) is 0 Å². The van der Waals surface area contributed by atoms with E-state index >= 15 is 0 Å². The molecule has 1 aliphatic carbocycles. The Morgan fingerprint density at radius 2 is 2.17 bits per heavy atom. The molecule has 7 heteroatoms. The van der Waals surface area contributed by atoms with E-state index in [2.05, 4.69) is 27.0 Å². The van der Waals surface area contributed by atoms with Crippen molar-refractivity contribution in [1.82, 2.24) is 20.3 Å². The smallest absolute Gasteiger partial charge is 0.319 e. The van der Waals surface area contributed by atoms with E-state index < -0.39 is 0 Å². The van der Waals surface area contributed by atoms with Crippen LogP contribution < -0.4 is 10.6 Å². The minimum atomic E-state index is -0.281. The topological polar surface area (TPSA) is 95.6 Å². The van der Waals surface area contributed by atoms with Gasteiger partial charge in [0.15, 0.2) is 0 Å². The molecule has 1 aromatic heterocycles. The lowest BCUT2D eigenvalue weighted by atomic mass is 10.1. The molecule has 118 valence electrons. The summed E-state index contributed by atoms with van der Waals surface area (Å²) >= 11 is 0. The summed E-state index contributed by atoms with van der Waals surface area (Å²) in [5, 5.41) is 22.6. The maximum absolute atomic E-state index is 11.8. The van der Waals surface area contributed by atoms with Crippen molar-refractivity contribution in [2.45, 2.75) is 31.8 Å². The van der Waals surface area contributed by atoms with Gasteiger partial charge in [-0.05, 0) is 31.4 Å².